The molecule has 1 aromatic carbocycles. The fourth-order valence-corrected chi connectivity index (χ4v) is 2.47. The van der Waals surface area contributed by atoms with Gasteiger partial charge in [-0.1, -0.05) is 13.3 Å². The van der Waals surface area contributed by atoms with E-state index in [4.69, 9.17) is 5.26 Å². The molecule has 0 saturated heterocycles. The molecule has 0 aliphatic heterocycles. The van der Waals surface area contributed by atoms with Crippen LogP contribution in [-0.2, 0) is 6.54 Å². The molecule has 0 radical (unpaired) electrons. The van der Waals surface area contributed by atoms with Gasteiger partial charge in [-0.15, -0.1) is 0 Å². The minimum absolute atomic E-state index is 0.234. The van der Waals surface area contributed by atoms with Crippen molar-refractivity contribution >= 4 is 0 Å². The normalized spacial score (nSPS) is 23.6. The summed E-state index contributed by atoms with van der Waals surface area (Å²) in [6.45, 7) is 2.74. The van der Waals surface area contributed by atoms with E-state index in [1.807, 2.05) is 6.07 Å². The molecule has 1 aliphatic rings. The van der Waals surface area contributed by atoms with Crippen LogP contribution in [0.3, 0.4) is 0 Å². The molecule has 17 heavy (non-hydrogen) atoms. The van der Waals surface area contributed by atoms with Crippen molar-refractivity contribution in [1.29, 1.82) is 5.26 Å². The molecule has 0 bridgehead atoms. The van der Waals surface area contributed by atoms with Crippen LogP contribution in [0.5, 0.6) is 0 Å². The maximum absolute atomic E-state index is 13.5. The topological polar surface area (TPSA) is 35.8 Å². The largest absolute Gasteiger partial charge is 0.310 e. The Morgan fingerprint density at radius 3 is 2.94 bits per heavy atom. The van der Waals surface area contributed by atoms with Gasteiger partial charge in [0.1, 0.15) is 5.82 Å². The van der Waals surface area contributed by atoms with Gasteiger partial charge in [0, 0.05) is 18.2 Å². The van der Waals surface area contributed by atoms with Crippen LogP contribution < -0.4 is 5.32 Å². The number of hydrogen-bond donors (Lipinski definition) is 1. The molecule has 90 valence electrons. The molecule has 2 unspecified atom stereocenters. The Bertz CT molecular complexity index is 436. The highest BCUT2D eigenvalue weighted by Crippen LogP contribution is 2.25. The molecule has 1 aliphatic carbocycles. The van der Waals surface area contributed by atoms with Crippen LogP contribution in [0.1, 0.15) is 37.3 Å². The second-order valence-electron chi connectivity index (χ2n) is 4.81. The van der Waals surface area contributed by atoms with Gasteiger partial charge in [0.05, 0.1) is 11.6 Å². The number of nitrogens with one attached hydrogen (secondary N) is 1. The van der Waals surface area contributed by atoms with Crippen LogP contribution >= 0.6 is 0 Å². The summed E-state index contributed by atoms with van der Waals surface area (Å²) in [5, 5.41) is 12.2. The number of benzene rings is 1. The zero-order valence-electron chi connectivity index (χ0n) is 10.0. The van der Waals surface area contributed by atoms with Gasteiger partial charge in [0.15, 0.2) is 0 Å². The SMILES string of the molecule is CC1CCCC1NCc1cc(C#N)ccc1F. The van der Waals surface area contributed by atoms with Crippen molar-refractivity contribution < 1.29 is 4.39 Å². The third-order valence-corrected chi connectivity index (χ3v) is 3.59. The fourth-order valence-electron chi connectivity index (χ4n) is 2.47. The Morgan fingerprint density at radius 2 is 2.29 bits per heavy atom. The Hall–Kier alpha value is -1.40. The minimum atomic E-state index is -0.234. The summed E-state index contributed by atoms with van der Waals surface area (Å²) < 4.78 is 13.5. The van der Waals surface area contributed by atoms with Gasteiger partial charge in [-0.05, 0) is 37.0 Å². The van der Waals surface area contributed by atoms with Crippen molar-refractivity contribution in [3.63, 3.8) is 0 Å². The Kier molecular flexibility index (Phi) is 3.75. The first kappa shape index (κ1) is 12.1. The van der Waals surface area contributed by atoms with Gasteiger partial charge in [0.25, 0.3) is 0 Å². The standard InChI is InChI=1S/C14H17FN2/c1-10-3-2-4-14(10)17-9-12-7-11(8-16)5-6-13(12)15/h5-7,10,14,17H,2-4,9H2,1H3. The molecule has 0 amide bonds. The van der Waals surface area contributed by atoms with Crippen LogP contribution in [-0.4, -0.2) is 6.04 Å². The fraction of sp³-hybridized carbons (Fsp3) is 0.500. The molecule has 1 saturated carbocycles. The zero-order chi connectivity index (χ0) is 12.3. The third-order valence-electron chi connectivity index (χ3n) is 3.59. The molecule has 1 N–H and O–H groups in total. The average molecular weight is 232 g/mol. The quantitative estimate of drug-likeness (QED) is 0.869. The predicted molar refractivity (Wildman–Crippen MR) is 64.8 cm³/mol. The molecule has 2 atom stereocenters. The molecule has 0 heterocycles. The third kappa shape index (κ3) is 2.83. The van der Waals surface area contributed by atoms with Gasteiger partial charge >= 0.3 is 0 Å². The zero-order valence-corrected chi connectivity index (χ0v) is 10.0. The highest BCUT2D eigenvalue weighted by atomic mass is 19.1. The monoisotopic (exact) mass is 232 g/mol. The summed E-state index contributed by atoms with van der Waals surface area (Å²) in [6, 6.07) is 7.03. The summed E-state index contributed by atoms with van der Waals surface area (Å²) in [5.74, 6) is 0.430. The second kappa shape index (κ2) is 5.29. The van der Waals surface area contributed by atoms with Crippen LogP contribution in [0, 0.1) is 23.1 Å². The van der Waals surface area contributed by atoms with Crippen molar-refractivity contribution in [3.8, 4) is 6.07 Å². The van der Waals surface area contributed by atoms with Crippen LogP contribution in [0.2, 0.25) is 0 Å². The molecular formula is C14H17FN2. The molecule has 3 heteroatoms. The lowest BCUT2D eigenvalue weighted by molar-refractivity contribution is 0.421. The first-order chi connectivity index (χ1) is 8.20. The summed E-state index contributed by atoms with van der Waals surface area (Å²) >= 11 is 0. The lowest BCUT2D eigenvalue weighted by Gasteiger charge is -2.17. The Balaban J connectivity index is 2.01. The van der Waals surface area contributed by atoms with Crippen LogP contribution in [0.15, 0.2) is 18.2 Å². The molecule has 1 aromatic rings. The number of hydrogen-bond acceptors (Lipinski definition) is 2. The van der Waals surface area contributed by atoms with E-state index >= 15 is 0 Å². The van der Waals surface area contributed by atoms with Gasteiger partial charge < -0.3 is 5.32 Å². The number of nitriles is 1. The smallest absolute Gasteiger partial charge is 0.127 e. The van der Waals surface area contributed by atoms with Crippen LogP contribution in [0.25, 0.3) is 0 Å². The van der Waals surface area contributed by atoms with E-state index in [1.54, 1.807) is 6.07 Å². The lowest BCUT2D eigenvalue weighted by Crippen LogP contribution is -2.30. The highest BCUT2D eigenvalue weighted by Gasteiger charge is 2.22. The van der Waals surface area contributed by atoms with E-state index in [-0.39, 0.29) is 5.82 Å². The van der Waals surface area contributed by atoms with Crippen LogP contribution in [0.4, 0.5) is 4.39 Å². The molecule has 0 spiro atoms. The average Bonchev–Trinajstić information content (AvgIpc) is 2.74. The van der Waals surface area contributed by atoms with E-state index in [0.717, 1.165) is 0 Å². The summed E-state index contributed by atoms with van der Waals surface area (Å²) in [7, 11) is 0. The van der Waals surface area contributed by atoms with E-state index in [9.17, 15) is 4.39 Å². The van der Waals surface area contributed by atoms with E-state index in [2.05, 4.69) is 12.2 Å². The Morgan fingerprint density at radius 1 is 1.47 bits per heavy atom. The summed E-state index contributed by atoms with van der Waals surface area (Å²) in [4.78, 5) is 0. The van der Waals surface area contributed by atoms with E-state index in [0.29, 0.717) is 29.6 Å². The highest BCUT2D eigenvalue weighted by molar-refractivity contribution is 5.33. The molecule has 2 nitrogen and oxygen atoms in total. The lowest BCUT2D eigenvalue weighted by atomic mass is 10.1. The van der Waals surface area contributed by atoms with Crippen molar-refractivity contribution in [1.82, 2.24) is 5.32 Å². The van der Waals surface area contributed by atoms with Crippen molar-refractivity contribution in [3.05, 3.63) is 35.1 Å². The first-order valence-corrected chi connectivity index (χ1v) is 6.12. The minimum Gasteiger partial charge on any atom is -0.310 e. The molecule has 0 aromatic heterocycles. The molecule has 2 rings (SSSR count). The predicted octanol–water partition coefficient (Wildman–Crippen LogP) is 2.98. The van der Waals surface area contributed by atoms with Crippen molar-refractivity contribution in [2.75, 3.05) is 0 Å². The number of halogens is 1. The summed E-state index contributed by atoms with van der Waals surface area (Å²) in [6.07, 6.45) is 3.67. The number of rotatable bonds is 3. The molecular weight excluding hydrogens is 215 g/mol. The first-order valence-electron chi connectivity index (χ1n) is 6.12. The van der Waals surface area contributed by atoms with E-state index < -0.39 is 0 Å². The van der Waals surface area contributed by atoms with Gasteiger partial charge in [-0.3, -0.25) is 0 Å². The van der Waals surface area contributed by atoms with Crippen molar-refractivity contribution in [2.45, 2.75) is 38.8 Å². The van der Waals surface area contributed by atoms with Gasteiger partial charge in [-0.2, -0.15) is 5.26 Å². The molecule has 1 fully saturated rings. The van der Waals surface area contributed by atoms with Crippen molar-refractivity contribution in [2.24, 2.45) is 5.92 Å². The van der Waals surface area contributed by atoms with Gasteiger partial charge in [0.2, 0.25) is 0 Å². The maximum atomic E-state index is 13.5. The maximum Gasteiger partial charge on any atom is 0.127 e. The Labute approximate surface area is 101 Å². The number of nitrogens with zero attached hydrogens (tertiary/aromatic N) is 1. The van der Waals surface area contributed by atoms with E-state index in [1.165, 1.54) is 31.4 Å². The second-order valence-corrected chi connectivity index (χ2v) is 4.81. The summed E-state index contributed by atoms with van der Waals surface area (Å²) in [5.41, 5.74) is 1.10. The van der Waals surface area contributed by atoms with Gasteiger partial charge in [-0.25, -0.2) is 4.39 Å².